The van der Waals surface area contributed by atoms with Crippen LogP contribution in [-0.4, -0.2) is 22.1 Å². The van der Waals surface area contributed by atoms with Crippen molar-refractivity contribution < 1.29 is 4.79 Å². The Hall–Kier alpha value is -2.79. The largest absolute Gasteiger partial charge is 0.273 e. The molecule has 0 unspecified atom stereocenters. The summed E-state index contributed by atoms with van der Waals surface area (Å²) in [6.45, 7) is 1.44. The van der Waals surface area contributed by atoms with Crippen molar-refractivity contribution >= 4 is 40.4 Å². The minimum Gasteiger partial charge on any atom is -0.273 e. The number of halogens is 1. The molecule has 0 bridgehead atoms. The zero-order valence-corrected chi connectivity index (χ0v) is 13.1. The predicted molar refractivity (Wildman–Crippen MR) is 91.7 cm³/mol. The van der Waals surface area contributed by atoms with Crippen LogP contribution < -0.4 is 5.01 Å². The molecule has 1 aromatic heterocycles. The van der Waals surface area contributed by atoms with Crippen molar-refractivity contribution in [3.63, 3.8) is 0 Å². The summed E-state index contributed by atoms with van der Waals surface area (Å²) in [5.41, 5.74) is 2.50. The Labute approximate surface area is 138 Å². The molecule has 114 valence electrons. The zero-order valence-electron chi connectivity index (χ0n) is 12.3. The number of anilines is 1. The number of nitrogens with zero attached hydrogens (tertiary/aromatic N) is 4. The Morgan fingerprint density at radius 1 is 1.04 bits per heavy atom. The van der Waals surface area contributed by atoms with Gasteiger partial charge in [0.15, 0.2) is 5.15 Å². The number of para-hydroxylation sites is 3. The van der Waals surface area contributed by atoms with Crippen LogP contribution in [0, 0.1) is 0 Å². The van der Waals surface area contributed by atoms with Crippen LogP contribution >= 0.6 is 11.6 Å². The minimum absolute atomic E-state index is 0.211. The fourth-order valence-electron chi connectivity index (χ4n) is 2.09. The van der Waals surface area contributed by atoms with Gasteiger partial charge in [-0.15, -0.1) is 0 Å². The first-order valence-corrected chi connectivity index (χ1v) is 7.35. The van der Waals surface area contributed by atoms with E-state index in [1.165, 1.54) is 18.1 Å². The Kier molecular flexibility index (Phi) is 4.30. The first kappa shape index (κ1) is 15.1. The first-order chi connectivity index (χ1) is 11.1. The molecule has 0 saturated heterocycles. The molecule has 0 atom stereocenters. The van der Waals surface area contributed by atoms with E-state index in [0.29, 0.717) is 22.4 Å². The van der Waals surface area contributed by atoms with Gasteiger partial charge < -0.3 is 0 Å². The van der Waals surface area contributed by atoms with Crippen LogP contribution in [0.4, 0.5) is 5.69 Å². The molecule has 6 heteroatoms. The van der Waals surface area contributed by atoms with Gasteiger partial charge in [0.05, 0.1) is 22.9 Å². The van der Waals surface area contributed by atoms with Gasteiger partial charge in [-0.05, 0) is 24.3 Å². The molecular weight excluding hydrogens is 312 g/mol. The van der Waals surface area contributed by atoms with Crippen LogP contribution in [0.3, 0.4) is 0 Å². The molecule has 0 saturated carbocycles. The Bertz CT molecular complexity index is 880. The lowest BCUT2D eigenvalue weighted by atomic mass is 10.3. The second-order valence-corrected chi connectivity index (χ2v) is 5.16. The summed E-state index contributed by atoms with van der Waals surface area (Å²) in [4.78, 5) is 20.5. The number of carbonyl (C=O) groups is 1. The molecular formula is C17H13ClN4O. The third-order valence-electron chi connectivity index (χ3n) is 3.15. The van der Waals surface area contributed by atoms with Crippen LogP contribution in [0.15, 0.2) is 59.7 Å². The summed E-state index contributed by atoms with van der Waals surface area (Å²) in [6, 6.07) is 16.6. The van der Waals surface area contributed by atoms with Gasteiger partial charge in [-0.3, -0.25) is 4.79 Å². The van der Waals surface area contributed by atoms with Crippen LogP contribution in [0.2, 0.25) is 5.15 Å². The third kappa shape index (κ3) is 3.35. The van der Waals surface area contributed by atoms with Gasteiger partial charge in [-0.25, -0.2) is 15.0 Å². The summed E-state index contributed by atoms with van der Waals surface area (Å²) >= 11 is 6.14. The number of hydrazone groups is 1. The van der Waals surface area contributed by atoms with Crippen LogP contribution in [-0.2, 0) is 4.79 Å². The van der Waals surface area contributed by atoms with Crippen molar-refractivity contribution in [2.45, 2.75) is 6.92 Å². The molecule has 0 aliphatic rings. The number of aromatic nitrogens is 2. The highest BCUT2D eigenvalue weighted by Gasteiger charge is 2.10. The van der Waals surface area contributed by atoms with E-state index in [1.54, 1.807) is 12.1 Å². The third-order valence-corrected chi connectivity index (χ3v) is 3.43. The number of amides is 1. The summed E-state index contributed by atoms with van der Waals surface area (Å²) in [5.74, 6) is -0.211. The van der Waals surface area contributed by atoms with Crippen molar-refractivity contribution in [3.8, 4) is 0 Å². The normalized spacial score (nSPS) is 11.0. The average Bonchev–Trinajstić information content (AvgIpc) is 2.56. The minimum atomic E-state index is -0.211. The molecule has 3 aromatic rings. The van der Waals surface area contributed by atoms with E-state index < -0.39 is 0 Å². The van der Waals surface area contributed by atoms with E-state index in [0.717, 1.165) is 0 Å². The molecule has 0 radical (unpaired) electrons. The molecule has 0 fully saturated rings. The number of fused-ring (bicyclic) bond motifs is 1. The predicted octanol–water partition coefficient (Wildman–Crippen LogP) is 3.67. The topological polar surface area (TPSA) is 58.5 Å². The van der Waals surface area contributed by atoms with Crippen molar-refractivity contribution in [1.29, 1.82) is 0 Å². The van der Waals surface area contributed by atoms with Gasteiger partial charge in [0, 0.05) is 6.92 Å². The highest BCUT2D eigenvalue weighted by atomic mass is 35.5. The second kappa shape index (κ2) is 6.54. The lowest BCUT2D eigenvalue weighted by Crippen LogP contribution is -2.22. The maximum absolute atomic E-state index is 11.8. The van der Waals surface area contributed by atoms with Gasteiger partial charge >= 0.3 is 0 Å². The number of hydrogen-bond acceptors (Lipinski definition) is 4. The van der Waals surface area contributed by atoms with E-state index in [1.807, 2.05) is 42.5 Å². The second-order valence-electron chi connectivity index (χ2n) is 4.80. The number of hydrogen-bond donors (Lipinski definition) is 0. The Morgan fingerprint density at radius 3 is 2.30 bits per heavy atom. The van der Waals surface area contributed by atoms with E-state index in [2.05, 4.69) is 15.1 Å². The maximum Gasteiger partial charge on any atom is 0.244 e. The smallest absolute Gasteiger partial charge is 0.244 e. The van der Waals surface area contributed by atoms with Crippen LogP contribution in [0.25, 0.3) is 11.0 Å². The van der Waals surface area contributed by atoms with Crippen LogP contribution in [0.1, 0.15) is 12.6 Å². The van der Waals surface area contributed by atoms with E-state index in [-0.39, 0.29) is 11.1 Å². The quantitative estimate of drug-likeness (QED) is 0.545. The molecule has 3 rings (SSSR count). The summed E-state index contributed by atoms with van der Waals surface area (Å²) < 4.78 is 0. The van der Waals surface area contributed by atoms with Crippen LogP contribution in [0.5, 0.6) is 0 Å². The summed E-state index contributed by atoms with van der Waals surface area (Å²) in [5, 5.41) is 5.73. The average molecular weight is 325 g/mol. The lowest BCUT2D eigenvalue weighted by molar-refractivity contribution is -0.116. The molecule has 0 N–H and O–H groups in total. The molecule has 0 aliphatic heterocycles. The monoisotopic (exact) mass is 324 g/mol. The van der Waals surface area contributed by atoms with E-state index in [9.17, 15) is 4.79 Å². The Morgan fingerprint density at radius 2 is 1.65 bits per heavy atom. The SMILES string of the molecule is CC(=O)N(N=Cc1nc2ccccc2nc1Cl)c1ccccc1. The fourth-order valence-corrected chi connectivity index (χ4v) is 2.27. The van der Waals surface area contributed by atoms with Gasteiger partial charge in [-0.2, -0.15) is 5.10 Å². The number of carbonyl (C=O) groups excluding carboxylic acids is 1. The van der Waals surface area contributed by atoms with Gasteiger partial charge in [0.2, 0.25) is 5.91 Å². The Balaban J connectivity index is 1.97. The summed E-state index contributed by atoms with van der Waals surface area (Å²) in [7, 11) is 0. The molecule has 5 nitrogen and oxygen atoms in total. The number of benzene rings is 2. The molecule has 1 heterocycles. The number of rotatable bonds is 3. The van der Waals surface area contributed by atoms with Crippen molar-refractivity contribution in [3.05, 3.63) is 65.4 Å². The van der Waals surface area contributed by atoms with Gasteiger partial charge in [-0.1, -0.05) is 41.9 Å². The van der Waals surface area contributed by atoms with Gasteiger partial charge in [0.25, 0.3) is 0 Å². The zero-order chi connectivity index (χ0) is 16.2. The highest BCUT2D eigenvalue weighted by Crippen LogP contribution is 2.17. The van der Waals surface area contributed by atoms with Gasteiger partial charge in [0.1, 0.15) is 5.69 Å². The molecule has 0 aliphatic carbocycles. The first-order valence-electron chi connectivity index (χ1n) is 6.97. The standard InChI is InChI=1S/C17H13ClN4O/c1-12(23)22(13-7-3-2-4-8-13)19-11-16-17(18)21-15-10-6-5-9-14(15)20-16/h2-11H,1H3. The molecule has 23 heavy (non-hydrogen) atoms. The fraction of sp³-hybridized carbons (Fsp3) is 0.0588. The van der Waals surface area contributed by atoms with Crippen molar-refractivity contribution in [1.82, 2.24) is 9.97 Å². The molecule has 2 aromatic carbocycles. The summed E-state index contributed by atoms with van der Waals surface area (Å²) in [6.07, 6.45) is 1.44. The maximum atomic E-state index is 11.8. The van der Waals surface area contributed by atoms with E-state index in [4.69, 9.17) is 11.6 Å². The molecule has 0 spiro atoms. The van der Waals surface area contributed by atoms with E-state index >= 15 is 0 Å². The highest BCUT2D eigenvalue weighted by molar-refractivity contribution is 6.32. The van der Waals surface area contributed by atoms with Crippen molar-refractivity contribution in [2.75, 3.05) is 5.01 Å². The van der Waals surface area contributed by atoms with Crippen molar-refractivity contribution in [2.24, 2.45) is 5.10 Å². The molecule has 1 amide bonds. The lowest BCUT2D eigenvalue weighted by Gasteiger charge is -2.14.